The molecule has 0 radical (unpaired) electrons. The summed E-state index contributed by atoms with van der Waals surface area (Å²) in [6.07, 6.45) is 3.40. The van der Waals surface area contributed by atoms with Crippen LogP contribution in [0.4, 0.5) is 4.79 Å². The lowest BCUT2D eigenvalue weighted by Crippen LogP contribution is -2.53. The van der Waals surface area contributed by atoms with Crippen LogP contribution in [0.25, 0.3) is 0 Å². The fourth-order valence-corrected chi connectivity index (χ4v) is 6.64. The van der Waals surface area contributed by atoms with E-state index in [1.54, 1.807) is 12.0 Å². The fraction of sp³-hybridized carbons (Fsp3) is 0.941. The van der Waals surface area contributed by atoms with Gasteiger partial charge in [0, 0.05) is 13.7 Å². The molecule has 1 aliphatic carbocycles. The largest absolute Gasteiger partial charge is 0.453 e. The van der Waals surface area contributed by atoms with Crippen LogP contribution < -0.4 is 0 Å². The van der Waals surface area contributed by atoms with Crippen LogP contribution in [-0.2, 0) is 14.0 Å². The SMILES string of the molecule is CCC(CC)(C1CCC2CN(C(=O)OC)C(OC)CC2C1)P(=O)(O)O. The van der Waals surface area contributed by atoms with Gasteiger partial charge in [0.05, 0.1) is 12.3 Å². The highest BCUT2D eigenvalue weighted by Gasteiger charge is 2.53. The molecular weight excluding hydrogens is 345 g/mol. The summed E-state index contributed by atoms with van der Waals surface area (Å²) in [6, 6.07) is 0. The smallest absolute Gasteiger partial charge is 0.411 e. The zero-order chi connectivity index (χ0) is 18.8. The highest BCUT2D eigenvalue weighted by atomic mass is 31.2. The van der Waals surface area contributed by atoms with E-state index in [2.05, 4.69) is 0 Å². The Kier molecular flexibility index (Phi) is 6.58. The molecule has 1 amide bonds. The van der Waals surface area contributed by atoms with Gasteiger partial charge in [-0.15, -0.1) is 0 Å². The summed E-state index contributed by atoms with van der Waals surface area (Å²) >= 11 is 0. The highest BCUT2D eigenvalue weighted by molar-refractivity contribution is 7.53. The molecule has 8 heteroatoms. The highest BCUT2D eigenvalue weighted by Crippen LogP contribution is 2.62. The average Bonchev–Trinajstić information content (AvgIpc) is 2.60. The topological polar surface area (TPSA) is 96.3 Å². The van der Waals surface area contributed by atoms with Gasteiger partial charge in [0.25, 0.3) is 0 Å². The van der Waals surface area contributed by atoms with Crippen molar-refractivity contribution in [2.24, 2.45) is 17.8 Å². The number of likely N-dealkylation sites (tertiary alicyclic amines) is 1. The number of carbonyl (C=O) groups is 1. The van der Waals surface area contributed by atoms with E-state index in [4.69, 9.17) is 9.47 Å². The van der Waals surface area contributed by atoms with E-state index in [1.807, 2.05) is 13.8 Å². The molecule has 0 aromatic rings. The van der Waals surface area contributed by atoms with Gasteiger partial charge in [-0.05, 0) is 56.3 Å². The van der Waals surface area contributed by atoms with Crippen LogP contribution >= 0.6 is 7.60 Å². The van der Waals surface area contributed by atoms with Gasteiger partial charge < -0.3 is 19.3 Å². The third-order valence-corrected chi connectivity index (χ3v) is 8.83. The lowest BCUT2D eigenvalue weighted by atomic mass is 9.66. The molecule has 2 fully saturated rings. The maximum atomic E-state index is 12.3. The standard InChI is InChI=1S/C17H32NO6P/c1-5-17(6-2,25(20,21)22)14-8-7-12-11-18(16(19)24-4)15(23-3)10-13(12)9-14/h12-15H,5-11H2,1-4H3,(H2,20,21,22). The van der Waals surface area contributed by atoms with Crippen molar-refractivity contribution in [1.82, 2.24) is 4.90 Å². The van der Waals surface area contributed by atoms with Gasteiger partial charge in [-0.1, -0.05) is 13.8 Å². The molecular formula is C17H32NO6P. The number of methoxy groups -OCH3 is 2. The summed E-state index contributed by atoms with van der Waals surface area (Å²) in [5.74, 6) is 0.658. The summed E-state index contributed by atoms with van der Waals surface area (Å²) in [5.41, 5.74) is 0. The molecule has 25 heavy (non-hydrogen) atoms. The van der Waals surface area contributed by atoms with Crippen molar-refractivity contribution in [1.29, 1.82) is 0 Å². The zero-order valence-corrected chi connectivity index (χ0v) is 16.6. The molecule has 1 heterocycles. The molecule has 0 bridgehead atoms. The van der Waals surface area contributed by atoms with Gasteiger partial charge >= 0.3 is 13.7 Å². The number of fused-ring (bicyclic) bond motifs is 1. The minimum atomic E-state index is -4.19. The Labute approximate surface area is 150 Å². The summed E-state index contributed by atoms with van der Waals surface area (Å²) in [7, 11) is -1.24. The van der Waals surface area contributed by atoms with E-state index in [1.165, 1.54) is 7.11 Å². The lowest BCUT2D eigenvalue weighted by Gasteiger charge is -2.50. The molecule has 7 nitrogen and oxygen atoms in total. The minimum absolute atomic E-state index is 0.00626. The summed E-state index contributed by atoms with van der Waals surface area (Å²) in [5, 5.41) is -0.931. The van der Waals surface area contributed by atoms with E-state index >= 15 is 0 Å². The summed E-state index contributed by atoms with van der Waals surface area (Å²) in [4.78, 5) is 33.7. The Bertz CT molecular complexity index is 517. The quantitative estimate of drug-likeness (QED) is 0.714. The molecule has 0 aromatic heterocycles. The molecule has 2 rings (SSSR count). The molecule has 1 aliphatic heterocycles. The minimum Gasteiger partial charge on any atom is -0.453 e. The first-order valence-corrected chi connectivity index (χ1v) is 10.8. The summed E-state index contributed by atoms with van der Waals surface area (Å²) < 4.78 is 22.6. The van der Waals surface area contributed by atoms with Crippen molar-refractivity contribution in [3.63, 3.8) is 0 Å². The van der Waals surface area contributed by atoms with Crippen LogP contribution in [0.5, 0.6) is 0 Å². The third-order valence-electron chi connectivity index (χ3n) is 6.67. The van der Waals surface area contributed by atoms with Gasteiger partial charge in [0.1, 0.15) is 6.23 Å². The Hall–Kier alpha value is -0.620. The van der Waals surface area contributed by atoms with Gasteiger partial charge in [0.15, 0.2) is 0 Å². The number of piperidine rings is 1. The van der Waals surface area contributed by atoms with Gasteiger partial charge in [-0.25, -0.2) is 4.79 Å². The Morgan fingerprint density at radius 3 is 2.28 bits per heavy atom. The molecule has 4 unspecified atom stereocenters. The van der Waals surface area contributed by atoms with Crippen molar-refractivity contribution < 1.29 is 28.6 Å². The second-order valence-electron chi connectivity index (χ2n) is 7.43. The van der Waals surface area contributed by atoms with Crippen LogP contribution in [0.15, 0.2) is 0 Å². The monoisotopic (exact) mass is 377 g/mol. The molecule has 1 saturated carbocycles. The summed E-state index contributed by atoms with van der Waals surface area (Å²) in [6.45, 7) is 4.35. The molecule has 4 atom stereocenters. The first-order chi connectivity index (χ1) is 11.7. The lowest BCUT2D eigenvalue weighted by molar-refractivity contribution is -0.0912. The van der Waals surface area contributed by atoms with Crippen LogP contribution in [-0.4, -0.2) is 52.9 Å². The maximum Gasteiger partial charge on any atom is 0.411 e. The van der Waals surface area contributed by atoms with E-state index in [0.717, 1.165) is 19.3 Å². The molecule has 0 spiro atoms. The first kappa shape index (κ1) is 20.7. The van der Waals surface area contributed by atoms with Gasteiger partial charge in [-0.2, -0.15) is 0 Å². The maximum absolute atomic E-state index is 12.3. The predicted molar refractivity (Wildman–Crippen MR) is 94.2 cm³/mol. The van der Waals surface area contributed by atoms with E-state index in [0.29, 0.717) is 37.6 Å². The molecule has 0 aromatic carbocycles. The van der Waals surface area contributed by atoms with E-state index in [9.17, 15) is 19.1 Å². The molecule has 146 valence electrons. The Morgan fingerprint density at radius 1 is 1.16 bits per heavy atom. The number of carbonyl (C=O) groups excluding carboxylic acids is 1. The molecule has 2 N–H and O–H groups in total. The van der Waals surface area contributed by atoms with Crippen molar-refractivity contribution in [3.05, 3.63) is 0 Å². The van der Waals surface area contributed by atoms with E-state index < -0.39 is 12.8 Å². The average molecular weight is 377 g/mol. The van der Waals surface area contributed by atoms with Crippen molar-refractivity contribution in [3.8, 4) is 0 Å². The molecule has 1 saturated heterocycles. The number of nitrogens with zero attached hydrogens (tertiary/aromatic N) is 1. The van der Waals surface area contributed by atoms with Gasteiger partial charge in [0.2, 0.25) is 0 Å². The van der Waals surface area contributed by atoms with Crippen LogP contribution in [0.2, 0.25) is 0 Å². The van der Waals surface area contributed by atoms with Crippen LogP contribution in [0.1, 0.15) is 52.4 Å². The third kappa shape index (κ3) is 3.75. The van der Waals surface area contributed by atoms with Crippen LogP contribution in [0, 0.1) is 17.8 Å². The first-order valence-electron chi connectivity index (χ1n) is 9.17. The van der Waals surface area contributed by atoms with E-state index in [-0.39, 0.29) is 18.2 Å². The molecule has 2 aliphatic rings. The Morgan fingerprint density at radius 2 is 1.80 bits per heavy atom. The van der Waals surface area contributed by atoms with Crippen molar-refractivity contribution in [2.45, 2.75) is 63.8 Å². The van der Waals surface area contributed by atoms with Crippen molar-refractivity contribution in [2.75, 3.05) is 20.8 Å². The predicted octanol–water partition coefficient (Wildman–Crippen LogP) is 3.20. The number of ether oxygens (including phenoxy) is 2. The van der Waals surface area contributed by atoms with Crippen LogP contribution in [0.3, 0.4) is 0 Å². The van der Waals surface area contributed by atoms with Gasteiger partial charge in [-0.3, -0.25) is 9.46 Å². The number of rotatable bonds is 5. The normalized spacial score (nSPS) is 30.7. The number of amides is 1. The second-order valence-corrected chi connectivity index (χ2v) is 9.41. The second kappa shape index (κ2) is 7.95. The Balaban J connectivity index is 2.18. The fourth-order valence-electron chi connectivity index (χ4n) is 5.11. The van der Waals surface area contributed by atoms with Crippen molar-refractivity contribution >= 4 is 13.7 Å². The number of hydrogen-bond donors (Lipinski definition) is 2. The number of hydrogen-bond acceptors (Lipinski definition) is 4. The zero-order valence-electron chi connectivity index (χ0n) is 15.7.